The maximum Gasteiger partial charge on any atom is 0.320 e. The monoisotopic (exact) mass is 229 g/mol. The summed E-state index contributed by atoms with van der Waals surface area (Å²) in [6.07, 6.45) is 0.376. The van der Waals surface area contributed by atoms with Gasteiger partial charge < -0.3 is 10.8 Å². The number of hydrogen-bond acceptors (Lipinski definition) is 3. The van der Waals surface area contributed by atoms with Crippen molar-refractivity contribution in [2.75, 3.05) is 5.75 Å². The Morgan fingerprint density at radius 2 is 2.33 bits per heavy atom. The van der Waals surface area contributed by atoms with Crippen LogP contribution in [0.2, 0.25) is 0 Å². The summed E-state index contributed by atoms with van der Waals surface area (Å²) in [6, 6.07) is -0.822. The van der Waals surface area contributed by atoms with Gasteiger partial charge in [-0.1, -0.05) is 23.2 Å². The molecule has 0 aliphatic heterocycles. The van der Waals surface area contributed by atoms with E-state index in [-0.39, 0.29) is 0 Å². The lowest BCUT2D eigenvalue weighted by molar-refractivity contribution is -0.138. The zero-order valence-corrected chi connectivity index (χ0v) is 8.49. The first-order valence-electron chi connectivity index (χ1n) is 3.15. The van der Waals surface area contributed by atoms with Gasteiger partial charge in [0.25, 0.3) is 0 Å². The molecule has 1 atom stereocenters. The number of carboxylic acids is 1. The molecule has 0 saturated carbocycles. The van der Waals surface area contributed by atoms with Gasteiger partial charge in [-0.3, -0.25) is 4.79 Å². The predicted molar refractivity (Wildman–Crippen MR) is 52.5 cm³/mol. The average molecular weight is 230 g/mol. The molecule has 0 aliphatic carbocycles. The molecule has 0 aliphatic rings. The lowest BCUT2D eigenvalue weighted by atomic mass is 10.2. The van der Waals surface area contributed by atoms with Crippen LogP contribution in [0.5, 0.6) is 0 Å². The van der Waals surface area contributed by atoms with E-state index in [1.807, 2.05) is 0 Å². The first-order valence-corrected chi connectivity index (χ1v) is 4.95. The van der Waals surface area contributed by atoms with E-state index in [2.05, 4.69) is 0 Å². The summed E-state index contributed by atoms with van der Waals surface area (Å²) in [5, 5.41) is 8.40. The Labute approximate surface area is 84.9 Å². The first kappa shape index (κ1) is 12.1. The van der Waals surface area contributed by atoms with Crippen LogP contribution in [0, 0.1) is 0 Å². The molecule has 0 fully saturated rings. The number of hydrogen-bond donors (Lipinski definition) is 2. The van der Waals surface area contributed by atoms with Crippen LogP contribution in [-0.2, 0) is 4.79 Å². The van der Waals surface area contributed by atoms with Gasteiger partial charge >= 0.3 is 5.97 Å². The summed E-state index contributed by atoms with van der Waals surface area (Å²) in [5.41, 5.74) is 6.47. The fourth-order valence-electron chi connectivity index (χ4n) is 0.438. The van der Waals surface area contributed by atoms with Crippen molar-refractivity contribution in [2.24, 2.45) is 5.73 Å². The molecule has 1 unspecified atom stereocenters. The second-order valence-electron chi connectivity index (χ2n) is 2.00. The fourth-order valence-corrected chi connectivity index (χ4v) is 1.49. The predicted octanol–water partition coefficient (Wildman–Crippen LogP) is 1.80. The van der Waals surface area contributed by atoms with Crippen molar-refractivity contribution >= 4 is 40.9 Å². The maximum atomic E-state index is 10.2. The van der Waals surface area contributed by atoms with E-state index in [0.29, 0.717) is 16.5 Å². The van der Waals surface area contributed by atoms with Crippen LogP contribution in [-0.4, -0.2) is 22.9 Å². The summed E-state index contributed by atoms with van der Waals surface area (Å²) >= 11 is 12.1. The van der Waals surface area contributed by atoms with E-state index in [0.717, 1.165) is 0 Å². The second kappa shape index (κ2) is 6.60. The smallest absolute Gasteiger partial charge is 0.320 e. The van der Waals surface area contributed by atoms with E-state index in [4.69, 9.17) is 34.0 Å². The second-order valence-corrected chi connectivity index (χ2v) is 3.98. The summed E-state index contributed by atoms with van der Waals surface area (Å²) in [6.45, 7) is 0. The number of carbonyl (C=O) groups is 1. The van der Waals surface area contributed by atoms with Gasteiger partial charge in [-0.05, 0) is 6.42 Å². The van der Waals surface area contributed by atoms with E-state index in [1.54, 1.807) is 0 Å². The summed E-state index contributed by atoms with van der Waals surface area (Å²) in [7, 11) is 0. The van der Waals surface area contributed by atoms with Crippen LogP contribution in [0.1, 0.15) is 6.42 Å². The third-order valence-electron chi connectivity index (χ3n) is 1.07. The number of nitrogens with two attached hydrogens (primary N) is 1. The van der Waals surface area contributed by atoms with Crippen LogP contribution in [0.25, 0.3) is 0 Å². The molecule has 0 aromatic heterocycles. The zero-order valence-electron chi connectivity index (χ0n) is 6.17. The van der Waals surface area contributed by atoms with Crippen LogP contribution in [0.4, 0.5) is 0 Å². The Bertz CT molecular complexity index is 186. The minimum atomic E-state index is -0.999. The van der Waals surface area contributed by atoms with Crippen LogP contribution in [0.15, 0.2) is 9.90 Å². The Hall–Kier alpha value is 0.1000. The van der Waals surface area contributed by atoms with Gasteiger partial charge in [-0.2, -0.15) is 0 Å². The minimum Gasteiger partial charge on any atom is -0.480 e. The van der Waals surface area contributed by atoms with Gasteiger partial charge in [0.1, 0.15) is 6.04 Å². The molecule has 0 saturated heterocycles. The van der Waals surface area contributed by atoms with E-state index >= 15 is 0 Å². The molecule has 6 heteroatoms. The number of rotatable bonds is 5. The minimum absolute atomic E-state index is 0.376. The highest BCUT2D eigenvalue weighted by atomic mass is 35.5. The molecule has 0 spiro atoms. The summed E-state index contributed by atoms with van der Waals surface area (Å²) in [5.74, 6) is -0.447. The topological polar surface area (TPSA) is 63.3 Å². The fraction of sp³-hybridized carbons (Fsp3) is 0.500. The van der Waals surface area contributed by atoms with Gasteiger partial charge in [0.05, 0.1) is 4.36 Å². The molecular weight excluding hydrogens is 221 g/mol. The Morgan fingerprint density at radius 3 is 2.75 bits per heavy atom. The standard InChI is InChI=1S/C6H9Cl2NO2S/c7-3-5(8)12-2-1-4(9)6(10)11/h3-4H,1-2,9H2,(H,10,11). The highest BCUT2D eigenvalue weighted by Gasteiger charge is 2.10. The zero-order chi connectivity index (χ0) is 9.56. The molecule has 3 nitrogen and oxygen atoms in total. The molecule has 0 heterocycles. The summed E-state index contributed by atoms with van der Waals surface area (Å²) < 4.78 is 0.439. The highest BCUT2D eigenvalue weighted by molar-refractivity contribution is 8.04. The molecule has 0 aromatic carbocycles. The van der Waals surface area contributed by atoms with Crippen molar-refractivity contribution in [3.05, 3.63) is 9.90 Å². The quantitative estimate of drug-likeness (QED) is 0.755. The van der Waals surface area contributed by atoms with Gasteiger partial charge in [0, 0.05) is 11.3 Å². The van der Waals surface area contributed by atoms with Gasteiger partial charge in [-0.15, -0.1) is 11.8 Å². The van der Waals surface area contributed by atoms with Gasteiger partial charge in [0.2, 0.25) is 0 Å². The lowest BCUT2D eigenvalue weighted by Gasteiger charge is -2.04. The highest BCUT2D eigenvalue weighted by Crippen LogP contribution is 2.21. The van der Waals surface area contributed by atoms with Gasteiger partial charge in [-0.25, -0.2) is 0 Å². The van der Waals surface area contributed by atoms with Crippen molar-refractivity contribution in [2.45, 2.75) is 12.5 Å². The molecule has 12 heavy (non-hydrogen) atoms. The molecular formula is C6H9Cl2NO2S. The third kappa shape index (κ3) is 5.71. The normalized spacial score (nSPS) is 14.4. The number of carboxylic acid groups (broad SMARTS) is 1. The molecule has 0 bridgehead atoms. The SMILES string of the molecule is NC(CCSC(Cl)=CCl)C(=O)O. The van der Waals surface area contributed by atoms with Crippen LogP contribution >= 0.6 is 35.0 Å². The third-order valence-corrected chi connectivity index (χ3v) is 2.80. The number of thioether (sulfide) groups is 1. The Morgan fingerprint density at radius 1 is 1.75 bits per heavy atom. The van der Waals surface area contributed by atoms with E-state index < -0.39 is 12.0 Å². The van der Waals surface area contributed by atoms with Crippen molar-refractivity contribution in [1.29, 1.82) is 0 Å². The van der Waals surface area contributed by atoms with Crippen LogP contribution in [0.3, 0.4) is 0 Å². The molecule has 0 amide bonds. The Balaban J connectivity index is 3.50. The molecule has 0 rings (SSSR count). The molecule has 3 N–H and O–H groups in total. The largest absolute Gasteiger partial charge is 0.480 e. The van der Waals surface area contributed by atoms with Crippen molar-refractivity contribution in [1.82, 2.24) is 0 Å². The number of aliphatic carboxylic acids is 1. The summed E-state index contributed by atoms with van der Waals surface area (Å²) in [4.78, 5) is 10.2. The first-order chi connectivity index (χ1) is 5.57. The van der Waals surface area contributed by atoms with Crippen molar-refractivity contribution in [3.63, 3.8) is 0 Å². The molecule has 0 radical (unpaired) electrons. The van der Waals surface area contributed by atoms with Crippen molar-refractivity contribution < 1.29 is 9.90 Å². The molecule has 70 valence electrons. The van der Waals surface area contributed by atoms with Crippen molar-refractivity contribution in [3.8, 4) is 0 Å². The average Bonchev–Trinajstić information content (AvgIpc) is 2.03. The van der Waals surface area contributed by atoms with Gasteiger partial charge in [0.15, 0.2) is 0 Å². The number of halogens is 2. The van der Waals surface area contributed by atoms with E-state index in [9.17, 15) is 4.79 Å². The Kier molecular flexibility index (Phi) is 6.65. The lowest BCUT2D eigenvalue weighted by Crippen LogP contribution is -2.30. The maximum absolute atomic E-state index is 10.2. The van der Waals surface area contributed by atoms with E-state index in [1.165, 1.54) is 17.3 Å². The van der Waals surface area contributed by atoms with Crippen LogP contribution < -0.4 is 5.73 Å². The molecule has 0 aromatic rings.